The normalized spacial score (nSPS) is 12.9. The second kappa shape index (κ2) is 5.47. The van der Waals surface area contributed by atoms with E-state index in [4.69, 9.17) is 5.73 Å². The molecule has 0 unspecified atom stereocenters. The van der Waals surface area contributed by atoms with Crippen LogP contribution in [0.3, 0.4) is 0 Å². The SMILES string of the molecule is CC(C)(C)SSC(N)=Nc1ccccc1. The molecule has 0 aliphatic rings. The molecular formula is C11H16N2S2. The zero-order valence-electron chi connectivity index (χ0n) is 9.23. The maximum atomic E-state index is 5.81. The van der Waals surface area contributed by atoms with E-state index in [1.807, 2.05) is 30.3 Å². The molecule has 2 nitrogen and oxygen atoms in total. The zero-order chi connectivity index (χ0) is 11.3. The number of hydrogen-bond acceptors (Lipinski definition) is 3. The summed E-state index contributed by atoms with van der Waals surface area (Å²) < 4.78 is 0.196. The third kappa shape index (κ3) is 5.74. The molecule has 82 valence electrons. The highest BCUT2D eigenvalue weighted by Gasteiger charge is 2.12. The van der Waals surface area contributed by atoms with E-state index in [2.05, 4.69) is 25.8 Å². The van der Waals surface area contributed by atoms with Crippen LogP contribution in [-0.2, 0) is 0 Å². The second-order valence-corrected chi connectivity index (χ2v) is 7.04. The minimum Gasteiger partial charge on any atom is -0.378 e. The van der Waals surface area contributed by atoms with Crippen LogP contribution in [0.1, 0.15) is 20.8 Å². The molecule has 0 bridgehead atoms. The average Bonchev–Trinajstić information content (AvgIpc) is 2.15. The molecule has 0 spiro atoms. The summed E-state index contributed by atoms with van der Waals surface area (Å²) in [4.78, 5) is 4.30. The van der Waals surface area contributed by atoms with E-state index >= 15 is 0 Å². The van der Waals surface area contributed by atoms with E-state index < -0.39 is 0 Å². The van der Waals surface area contributed by atoms with Gasteiger partial charge in [0.1, 0.15) is 0 Å². The van der Waals surface area contributed by atoms with Crippen LogP contribution in [0.15, 0.2) is 35.3 Å². The Kier molecular flexibility index (Phi) is 4.54. The van der Waals surface area contributed by atoms with Crippen LogP contribution in [0.25, 0.3) is 0 Å². The van der Waals surface area contributed by atoms with Crippen LogP contribution in [-0.4, -0.2) is 9.91 Å². The van der Waals surface area contributed by atoms with E-state index in [1.165, 1.54) is 10.8 Å². The predicted octanol–water partition coefficient (Wildman–Crippen LogP) is 3.81. The van der Waals surface area contributed by atoms with Crippen molar-refractivity contribution in [1.82, 2.24) is 0 Å². The van der Waals surface area contributed by atoms with Crippen molar-refractivity contribution < 1.29 is 0 Å². The van der Waals surface area contributed by atoms with Crippen LogP contribution >= 0.6 is 21.6 Å². The summed E-state index contributed by atoms with van der Waals surface area (Å²) >= 11 is 0. The molecule has 0 saturated heterocycles. The van der Waals surface area contributed by atoms with Crippen LogP contribution in [0.4, 0.5) is 5.69 Å². The number of nitrogens with zero attached hydrogens (tertiary/aromatic N) is 1. The van der Waals surface area contributed by atoms with Crippen LogP contribution in [0.2, 0.25) is 0 Å². The summed E-state index contributed by atoms with van der Waals surface area (Å²) in [6, 6.07) is 9.75. The maximum absolute atomic E-state index is 5.81. The average molecular weight is 240 g/mol. The molecular weight excluding hydrogens is 224 g/mol. The first kappa shape index (κ1) is 12.5. The number of aliphatic imine (C=N–C) groups is 1. The molecule has 0 aliphatic carbocycles. The lowest BCUT2D eigenvalue weighted by atomic mass is 10.3. The molecule has 4 heteroatoms. The third-order valence-electron chi connectivity index (χ3n) is 1.37. The first-order valence-electron chi connectivity index (χ1n) is 4.72. The lowest BCUT2D eigenvalue weighted by Gasteiger charge is -2.15. The third-order valence-corrected chi connectivity index (χ3v) is 4.48. The van der Waals surface area contributed by atoms with Crippen LogP contribution in [0.5, 0.6) is 0 Å². The van der Waals surface area contributed by atoms with E-state index in [1.54, 1.807) is 10.8 Å². The molecule has 0 amide bonds. The topological polar surface area (TPSA) is 38.4 Å². The Morgan fingerprint density at radius 3 is 2.33 bits per heavy atom. The lowest BCUT2D eigenvalue weighted by Crippen LogP contribution is -2.09. The quantitative estimate of drug-likeness (QED) is 0.485. The van der Waals surface area contributed by atoms with Gasteiger partial charge in [0.05, 0.1) is 5.69 Å². The molecule has 0 atom stereocenters. The van der Waals surface area contributed by atoms with Gasteiger partial charge in [0.15, 0.2) is 5.17 Å². The lowest BCUT2D eigenvalue weighted by molar-refractivity contribution is 0.810. The van der Waals surface area contributed by atoms with Crippen molar-refractivity contribution in [3.05, 3.63) is 30.3 Å². The van der Waals surface area contributed by atoms with Gasteiger partial charge in [0, 0.05) is 4.75 Å². The van der Waals surface area contributed by atoms with E-state index in [0.29, 0.717) is 5.17 Å². The van der Waals surface area contributed by atoms with Crippen LogP contribution in [0, 0.1) is 0 Å². The highest BCUT2D eigenvalue weighted by molar-refractivity contribution is 8.82. The first-order valence-corrected chi connectivity index (χ1v) is 6.87. The van der Waals surface area contributed by atoms with Gasteiger partial charge in [0.25, 0.3) is 0 Å². The van der Waals surface area contributed by atoms with Gasteiger partial charge in [-0.2, -0.15) is 0 Å². The Morgan fingerprint density at radius 2 is 1.80 bits per heavy atom. The van der Waals surface area contributed by atoms with E-state index in [-0.39, 0.29) is 4.75 Å². The Morgan fingerprint density at radius 1 is 1.20 bits per heavy atom. The molecule has 2 N–H and O–H groups in total. The Balaban J connectivity index is 2.54. The van der Waals surface area contributed by atoms with Crippen molar-refractivity contribution in [2.75, 3.05) is 0 Å². The Hall–Kier alpha value is -0.610. The molecule has 0 aliphatic heterocycles. The summed E-state index contributed by atoms with van der Waals surface area (Å²) in [6.45, 7) is 6.46. The first-order chi connectivity index (χ1) is 6.97. The maximum Gasteiger partial charge on any atom is 0.169 e. The zero-order valence-corrected chi connectivity index (χ0v) is 10.9. The van der Waals surface area contributed by atoms with Crippen molar-refractivity contribution in [2.45, 2.75) is 25.5 Å². The summed E-state index contributed by atoms with van der Waals surface area (Å²) in [5.74, 6) is 0. The van der Waals surface area contributed by atoms with Crippen molar-refractivity contribution in [2.24, 2.45) is 10.7 Å². The van der Waals surface area contributed by atoms with Gasteiger partial charge in [-0.05, 0) is 22.9 Å². The minimum atomic E-state index is 0.196. The van der Waals surface area contributed by atoms with Gasteiger partial charge in [-0.25, -0.2) is 4.99 Å². The van der Waals surface area contributed by atoms with Crippen molar-refractivity contribution in [1.29, 1.82) is 0 Å². The highest BCUT2D eigenvalue weighted by Crippen LogP contribution is 2.35. The molecule has 0 saturated carbocycles. The molecule has 1 aromatic carbocycles. The fourth-order valence-corrected chi connectivity index (χ4v) is 2.41. The fraction of sp³-hybridized carbons (Fsp3) is 0.364. The summed E-state index contributed by atoms with van der Waals surface area (Å²) in [5, 5.41) is 0.598. The number of nitrogens with two attached hydrogens (primary N) is 1. The van der Waals surface area contributed by atoms with Crippen LogP contribution < -0.4 is 5.73 Å². The summed E-state index contributed by atoms with van der Waals surface area (Å²) in [6.07, 6.45) is 0. The second-order valence-electron chi connectivity index (χ2n) is 4.06. The predicted molar refractivity (Wildman–Crippen MR) is 72.7 cm³/mol. The number of benzene rings is 1. The van der Waals surface area contributed by atoms with Gasteiger partial charge in [-0.1, -0.05) is 49.8 Å². The van der Waals surface area contributed by atoms with Gasteiger partial charge in [-0.15, -0.1) is 0 Å². The van der Waals surface area contributed by atoms with Crippen molar-refractivity contribution in [3.63, 3.8) is 0 Å². The molecule has 1 aromatic rings. The molecule has 0 radical (unpaired) electrons. The van der Waals surface area contributed by atoms with E-state index in [9.17, 15) is 0 Å². The number of rotatable bonds is 2. The van der Waals surface area contributed by atoms with Gasteiger partial charge in [-0.3, -0.25) is 0 Å². The number of para-hydroxylation sites is 1. The minimum absolute atomic E-state index is 0.196. The largest absolute Gasteiger partial charge is 0.378 e. The molecule has 1 rings (SSSR count). The molecule has 0 heterocycles. The van der Waals surface area contributed by atoms with Crippen molar-refractivity contribution in [3.8, 4) is 0 Å². The summed E-state index contributed by atoms with van der Waals surface area (Å²) in [5.41, 5.74) is 6.71. The number of amidine groups is 1. The monoisotopic (exact) mass is 240 g/mol. The molecule has 0 fully saturated rings. The number of hydrogen-bond donors (Lipinski definition) is 1. The Bertz CT molecular complexity index is 328. The molecule has 15 heavy (non-hydrogen) atoms. The fourth-order valence-electron chi connectivity index (χ4n) is 0.816. The van der Waals surface area contributed by atoms with Gasteiger partial charge < -0.3 is 5.73 Å². The highest BCUT2D eigenvalue weighted by atomic mass is 33.1. The Labute approximate surface area is 99.1 Å². The van der Waals surface area contributed by atoms with Gasteiger partial charge in [0.2, 0.25) is 0 Å². The standard InChI is InChI=1S/C11H16N2S2/c1-11(2,3)15-14-10(12)13-9-7-5-4-6-8-9/h4-8H,1-3H3,(H2,12,13). The smallest absolute Gasteiger partial charge is 0.169 e. The van der Waals surface area contributed by atoms with E-state index in [0.717, 1.165) is 5.69 Å². The molecule has 0 aromatic heterocycles. The summed E-state index contributed by atoms with van der Waals surface area (Å²) in [7, 11) is 3.24. The van der Waals surface area contributed by atoms with Crippen molar-refractivity contribution >= 4 is 32.4 Å². The van der Waals surface area contributed by atoms with Gasteiger partial charge >= 0.3 is 0 Å².